The minimum atomic E-state index is -0.539. The van der Waals surface area contributed by atoms with E-state index in [0.29, 0.717) is 19.0 Å². The molecule has 1 unspecified atom stereocenters. The second-order valence-corrected chi connectivity index (χ2v) is 5.71. The highest BCUT2D eigenvalue weighted by Crippen LogP contribution is 2.24. The number of rotatable bonds is 4. The van der Waals surface area contributed by atoms with Crippen molar-refractivity contribution in [2.75, 3.05) is 26.7 Å². The summed E-state index contributed by atoms with van der Waals surface area (Å²) in [6, 6.07) is 4.02. The van der Waals surface area contributed by atoms with E-state index in [2.05, 4.69) is 5.32 Å². The Hall–Kier alpha value is -1.37. The number of nitro groups is 1. The van der Waals surface area contributed by atoms with Gasteiger partial charge in [0.05, 0.1) is 4.92 Å². The fraction of sp³-hybridized carbons (Fsp3) is 0.500. The van der Waals surface area contributed by atoms with Gasteiger partial charge in [0.15, 0.2) is 0 Å². The largest absolute Gasteiger partial charge is 0.338 e. The topological polar surface area (TPSA) is 75.5 Å². The summed E-state index contributed by atoms with van der Waals surface area (Å²) in [4.78, 5) is 24.6. The lowest BCUT2D eigenvalue weighted by Gasteiger charge is -2.32. The van der Waals surface area contributed by atoms with Gasteiger partial charge < -0.3 is 10.2 Å². The van der Waals surface area contributed by atoms with E-state index in [-0.39, 0.29) is 34.6 Å². The molecule has 6 nitrogen and oxygen atoms in total. The minimum absolute atomic E-state index is 0. The van der Waals surface area contributed by atoms with Gasteiger partial charge in [0.1, 0.15) is 0 Å². The molecule has 1 fully saturated rings. The van der Waals surface area contributed by atoms with Gasteiger partial charge in [-0.2, -0.15) is 0 Å². The van der Waals surface area contributed by atoms with Crippen LogP contribution in [0.15, 0.2) is 18.2 Å². The third-order valence-electron chi connectivity index (χ3n) is 3.64. The normalized spacial score (nSPS) is 17.7. The molecule has 1 heterocycles. The van der Waals surface area contributed by atoms with Crippen LogP contribution in [0, 0.1) is 16.0 Å². The Bertz CT molecular complexity index is 552. The number of non-ortho nitro benzene ring substituents is 1. The lowest BCUT2D eigenvalue weighted by molar-refractivity contribution is -0.384. The predicted octanol–water partition coefficient (Wildman–Crippen LogP) is 2.74. The van der Waals surface area contributed by atoms with Crippen LogP contribution in [0.3, 0.4) is 0 Å². The predicted molar refractivity (Wildman–Crippen MR) is 87.9 cm³/mol. The molecule has 22 heavy (non-hydrogen) atoms. The van der Waals surface area contributed by atoms with Gasteiger partial charge in [0.2, 0.25) is 0 Å². The third kappa shape index (κ3) is 4.56. The van der Waals surface area contributed by atoms with E-state index in [0.717, 1.165) is 19.4 Å². The smallest absolute Gasteiger partial charge is 0.271 e. The summed E-state index contributed by atoms with van der Waals surface area (Å²) < 4.78 is 0. The zero-order chi connectivity index (χ0) is 15.4. The number of likely N-dealkylation sites (tertiary alicyclic amines) is 1. The standard InChI is InChI=1S/C14H18ClN3O3.ClH/c1-16-8-10-3-2-4-17(9-10)14(19)11-5-12(15)7-13(6-11)18(20)21;/h5-7,10,16H,2-4,8-9H2,1H3;1H. The van der Waals surface area contributed by atoms with Crippen molar-refractivity contribution in [2.24, 2.45) is 5.92 Å². The summed E-state index contributed by atoms with van der Waals surface area (Å²) in [5.74, 6) is 0.225. The Kier molecular flexibility index (Phi) is 7.06. The maximum absolute atomic E-state index is 12.5. The quantitative estimate of drug-likeness (QED) is 0.671. The molecule has 0 saturated carbocycles. The van der Waals surface area contributed by atoms with E-state index in [1.807, 2.05) is 7.05 Å². The van der Waals surface area contributed by atoms with Gasteiger partial charge in [-0.25, -0.2) is 0 Å². The van der Waals surface area contributed by atoms with E-state index in [9.17, 15) is 14.9 Å². The molecule has 0 aliphatic carbocycles. The first-order valence-electron chi connectivity index (χ1n) is 6.90. The third-order valence-corrected chi connectivity index (χ3v) is 3.86. The lowest BCUT2D eigenvalue weighted by Crippen LogP contribution is -2.42. The molecule has 1 amide bonds. The van der Waals surface area contributed by atoms with Crippen molar-refractivity contribution >= 4 is 35.6 Å². The maximum atomic E-state index is 12.5. The fourth-order valence-electron chi connectivity index (χ4n) is 2.69. The number of benzene rings is 1. The van der Waals surface area contributed by atoms with Crippen LogP contribution in [0.4, 0.5) is 5.69 Å². The van der Waals surface area contributed by atoms with Crippen molar-refractivity contribution in [1.29, 1.82) is 0 Å². The van der Waals surface area contributed by atoms with Crippen LogP contribution >= 0.6 is 24.0 Å². The summed E-state index contributed by atoms with van der Waals surface area (Å²) in [5.41, 5.74) is 0.119. The first-order valence-corrected chi connectivity index (χ1v) is 7.28. The van der Waals surface area contributed by atoms with Crippen LogP contribution in [-0.2, 0) is 0 Å². The first kappa shape index (κ1) is 18.7. The highest BCUT2D eigenvalue weighted by molar-refractivity contribution is 6.31. The van der Waals surface area contributed by atoms with Crippen LogP contribution in [0.5, 0.6) is 0 Å². The zero-order valence-corrected chi connectivity index (χ0v) is 13.8. The molecule has 1 saturated heterocycles. The summed E-state index contributed by atoms with van der Waals surface area (Å²) in [6.45, 7) is 2.21. The number of carbonyl (C=O) groups is 1. The average Bonchev–Trinajstić information content (AvgIpc) is 2.46. The summed E-state index contributed by atoms with van der Waals surface area (Å²) >= 11 is 5.87. The van der Waals surface area contributed by atoms with Crippen LogP contribution in [-0.4, -0.2) is 42.4 Å². The molecule has 8 heteroatoms. The molecule has 1 atom stereocenters. The van der Waals surface area contributed by atoms with Crippen LogP contribution in [0.2, 0.25) is 5.02 Å². The van der Waals surface area contributed by atoms with E-state index in [1.54, 1.807) is 4.90 Å². The lowest BCUT2D eigenvalue weighted by atomic mass is 9.97. The number of nitro benzene ring substituents is 1. The molecule has 1 aromatic rings. The summed E-state index contributed by atoms with van der Waals surface area (Å²) in [6.07, 6.45) is 2.03. The average molecular weight is 348 g/mol. The molecule has 2 rings (SSSR count). The monoisotopic (exact) mass is 347 g/mol. The van der Waals surface area contributed by atoms with Gasteiger partial charge in [-0.3, -0.25) is 14.9 Å². The minimum Gasteiger partial charge on any atom is -0.338 e. The maximum Gasteiger partial charge on any atom is 0.271 e. The van der Waals surface area contributed by atoms with Gasteiger partial charge in [0, 0.05) is 35.8 Å². The second-order valence-electron chi connectivity index (χ2n) is 5.27. The number of amides is 1. The molecule has 1 aromatic carbocycles. The van der Waals surface area contributed by atoms with Crippen molar-refractivity contribution in [3.05, 3.63) is 38.9 Å². The molecule has 0 bridgehead atoms. The fourth-order valence-corrected chi connectivity index (χ4v) is 2.92. The number of hydrogen-bond acceptors (Lipinski definition) is 4. The number of nitrogens with zero attached hydrogens (tertiary/aromatic N) is 2. The van der Waals surface area contributed by atoms with Gasteiger partial charge in [0.25, 0.3) is 11.6 Å². The van der Waals surface area contributed by atoms with Crippen molar-refractivity contribution in [3.63, 3.8) is 0 Å². The Balaban J connectivity index is 0.00000242. The Labute approximate surface area is 140 Å². The van der Waals surface area contributed by atoms with E-state index in [4.69, 9.17) is 11.6 Å². The highest BCUT2D eigenvalue weighted by atomic mass is 35.5. The molecule has 1 aliphatic rings. The van der Waals surface area contributed by atoms with E-state index in [1.165, 1.54) is 18.2 Å². The van der Waals surface area contributed by atoms with Gasteiger partial charge in [-0.15, -0.1) is 12.4 Å². The van der Waals surface area contributed by atoms with Gasteiger partial charge >= 0.3 is 0 Å². The van der Waals surface area contributed by atoms with Crippen molar-refractivity contribution < 1.29 is 9.72 Å². The molecule has 0 aromatic heterocycles. The van der Waals surface area contributed by atoms with Gasteiger partial charge in [-0.05, 0) is 38.4 Å². The molecule has 1 aliphatic heterocycles. The summed E-state index contributed by atoms with van der Waals surface area (Å²) in [5, 5.41) is 14.2. The molecule has 0 spiro atoms. The Morgan fingerprint density at radius 2 is 2.23 bits per heavy atom. The molecular formula is C14H19Cl2N3O3. The number of halogens is 2. The van der Waals surface area contributed by atoms with Crippen LogP contribution in [0.1, 0.15) is 23.2 Å². The Morgan fingerprint density at radius 1 is 1.50 bits per heavy atom. The van der Waals surface area contributed by atoms with E-state index >= 15 is 0 Å². The number of carbonyl (C=O) groups excluding carboxylic acids is 1. The van der Waals surface area contributed by atoms with Crippen molar-refractivity contribution in [2.45, 2.75) is 12.8 Å². The first-order chi connectivity index (χ1) is 10.0. The zero-order valence-electron chi connectivity index (χ0n) is 12.3. The molecular weight excluding hydrogens is 329 g/mol. The van der Waals surface area contributed by atoms with Crippen LogP contribution in [0.25, 0.3) is 0 Å². The van der Waals surface area contributed by atoms with E-state index < -0.39 is 4.92 Å². The SMILES string of the molecule is CNCC1CCCN(C(=O)c2cc(Cl)cc([N+](=O)[O-])c2)C1.Cl. The second kappa shape index (κ2) is 8.31. The number of hydrogen-bond donors (Lipinski definition) is 1. The van der Waals surface area contributed by atoms with Crippen molar-refractivity contribution in [1.82, 2.24) is 10.2 Å². The number of piperidine rings is 1. The molecule has 0 radical (unpaired) electrons. The highest BCUT2D eigenvalue weighted by Gasteiger charge is 2.25. The van der Waals surface area contributed by atoms with Gasteiger partial charge in [-0.1, -0.05) is 11.6 Å². The summed E-state index contributed by atoms with van der Waals surface area (Å²) in [7, 11) is 1.89. The molecule has 122 valence electrons. The Morgan fingerprint density at radius 3 is 2.86 bits per heavy atom. The molecule has 1 N–H and O–H groups in total. The van der Waals surface area contributed by atoms with Crippen LogP contribution < -0.4 is 5.32 Å². The van der Waals surface area contributed by atoms with Crippen molar-refractivity contribution in [3.8, 4) is 0 Å². The number of nitrogens with one attached hydrogen (secondary N) is 1.